The van der Waals surface area contributed by atoms with Crippen LogP contribution in [-0.2, 0) is 0 Å². The van der Waals surface area contributed by atoms with Gasteiger partial charge in [0.2, 0.25) is 0 Å². The third-order valence-electron chi connectivity index (χ3n) is 2.42. The lowest BCUT2D eigenvalue weighted by Gasteiger charge is -1.98. The van der Waals surface area contributed by atoms with E-state index in [2.05, 4.69) is 5.10 Å². The van der Waals surface area contributed by atoms with Gasteiger partial charge in [0.05, 0.1) is 5.52 Å². The van der Waals surface area contributed by atoms with Crippen LogP contribution in [0.3, 0.4) is 0 Å². The van der Waals surface area contributed by atoms with Crippen molar-refractivity contribution < 1.29 is 0 Å². The van der Waals surface area contributed by atoms with Crippen molar-refractivity contribution in [3.8, 4) is 0 Å². The van der Waals surface area contributed by atoms with Crippen molar-refractivity contribution in [1.29, 1.82) is 0 Å². The lowest BCUT2D eigenvalue weighted by molar-refractivity contribution is 0.926. The molecule has 0 spiro atoms. The van der Waals surface area contributed by atoms with Crippen LogP contribution in [0.1, 0.15) is 0 Å². The zero-order valence-corrected chi connectivity index (χ0v) is 7.40. The van der Waals surface area contributed by atoms with E-state index >= 15 is 0 Å². The van der Waals surface area contributed by atoms with Gasteiger partial charge in [0.1, 0.15) is 0 Å². The Morgan fingerprint density at radius 1 is 1.14 bits per heavy atom. The summed E-state index contributed by atoms with van der Waals surface area (Å²) in [5, 5.41) is 4.96. The molecule has 0 aliphatic carbocycles. The number of rotatable bonds is 0. The summed E-state index contributed by atoms with van der Waals surface area (Å²) < 4.78 is 1.54. The van der Waals surface area contributed by atoms with Crippen molar-refractivity contribution in [3.63, 3.8) is 0 Å². The van der Waals surface area contributed by atoms with Gasteiger partial charge in [0.15, 0.2) is 0 Å². The van der Waals surface area contributed by atoms with E-state index in [4.69, 9.17) is 0 Å². The minimum Gasteiger partial charge on any atom is -0.298 e. The molecule has 0 atom stereocenters. The number of hydrogen-bond acceptors (Lipinski definition) is 1. The highest BCUT2D eigenvalue weighted by molar-refractivity contribution is 5.95. The number of H-pyrrole nitrogens is 1. The van der Waals surface area contributed by atoms with E-state index in [0.717, 1.165) is 16.3 Å². The smallest absolute Gasteiger partial charge is 0.270 e. The Balaban J connectivity index is 2.73. The summed E-state index contributed by atoms with van der Waals surface area (Å²) in [4.78, 5) is 11.6. The van der Waals surface area contributed by atoms with Crippen LogP contribution in [0.2, 0.25) is 0 Å². The van der Waals surface area contributed by atoms with Gasteiger partial charge in [-0.05, 0) is 11.5 Å². The van der Waals surface area contributed by atoms with Gasteiger partial charge in [0.25, 0.3) is 5.56 Å². The molecule has 3 heteroatoms. The topological polar surface area (TPSA) is 37.3 Å². The SMILES string of the molecule is O=c1cc2ccccc2c2cc[nH]n12. The maximum Gasteiger partial charge on any atom is 0.270 e. The predicted molar refractivity (Wildman–Crippen MR) is 55.5 cm³/mol. The van der Waals surface area contributed by atoms with Crippen molar-refractivity contribution >= 4 is 16.3 Å². The largest absolute Gasteiger partial charge is 0.298 e. The van der Waals surface area contributed by atoms with Gasteiger partial charge >= 0.3 is 0 Å². The normalized spacial score (nSPS) is 11.1. The Morgan fingerprint density at radius 2 is 2.00 bits per heavy atom. The second kappa shape index (κ2) is 2.48. The molecule has 0 fully saturated rings. The Labute approximate surface area is 79.6 Å². The van der Waals surface area contributed by atoms with Crippen LogP contribution in [0.5, 0.6) is 0 Å². The number of aromatic amines is 1. The van der Waals surface area contributed by atoms with Crippen LogP contribution < -0.4 is 5.56 Å². The number of aromatic nitrogens is 2. The molecular formula is C11H8N2O. The van der Waals surface area contributed by atoms with Crippen LogP contribution in [0, 0.1) is 0 Å². The van der Waals surface area contributed by atoms with Gasteiger partial charge in [-0.25, -0.2) is 4.52 Å². The second-order valence-corrected chi connectivity index (χ2v) is 3.25. The zero-order chi connectivity index (χ0) is 9.54. The summed E-state index contributed by atoms with van der Waals surface area (Å²) in [7, 11) is 0. The highest BCUT2D eigenvalue weighted by atomic mass is 16.1. The quantitative estimate of drug-likeness (QED) is 0.568. The molecule has 3 nitrogen and oxygen atoms in total. The third-order valence-corrected chi connectivity index (χ3v) is 2.42. The molecule has 68 valence electrons. The van der Waals surface area contributed by atoms with E-state index in [1.54, 1.807) is 16.8 Å². The number of pyridine rings is 1. The van der Waals surface area contributed by atoms with Crippen molar-refractivity contribution in [3.05, 3.63) is 52.9 Å². The van der Waals surface area contributed by atoms with E-state index in [0.29, 0.717) is 0 Å². The lowest BCUT2D eigenvalue weighted by Crippen LogP contribution is -2.11. The number of nitrogens with zero attached hydrogens (tertiary/aromatic N) is 1. The van der Waals surface area contributed by atoms with Crippen molar-refractivity contribution in [2.45, 2.75) is 0 Å². The Bertz CT molecular complexity index is 663. The molecule has 0 bridgehead atoms. The number of hydrogen-bond donors (Lipinski definition) is 1. The van der Waals surface area contributed by atoms with Gasteiger partial charge in [-0.2, -0.15) is 0 Å². The van der Waals surface area contributed by atoms with E-state index in [1.807, 2.05) is 30.3 Å². The van der Waals surface area contributed by atoms with Crippen LogP contribution in [0.4, 0.5) is 0 Å². The summed E-state index contributed by atoms with van der Waals surface area (Å²) >= 11 is 0. The molecule has 1 N–H and O–H groups in total. The minimum absolute atomic E-state index is 0.0244. The van der Waals surface area contributed by atoms with E-state index in [-0.39, 0.29) is 5.56 Å². The Morgan fingerprint density at radius 3 is 2.93 bits per heavy atom. The molecule has 3 rings (SSSR count). The first-order valence-electron chi connectivity index (χ1n) is 4.44. The molecule has 14 heavy (non-hydrogen) atoms. The molecule has 0 saturated carbocycles. The molecule has 0 radical (unpaired) electrons. The van der Waals surface area contributed by atoms with Crippen LogP contribution in [0.15, 0.2) is 47.4 Å². The standard InChI is InChI=1S/C11H8N2O/c14-11-7-8-3-1-2-4-9(8)10-5-6-12-13(10)11/h1-7,12H. The summed E-state index contributed by atoms with van der Waals surface area (Å²) in [5.74, 6) is 0. The zero-order valence-electron chi connectivity index (χ0n) is 7.40. The monoisotopic (exact) mass is 184 g/mol. The van der Waals surface area contributed by atoms with Gasteiger partial charge in [0, 0.05) is 17.6 Å². The van der Waals surface area contributed by atoms with Gasteiger partial charge < -0.3 is 0 Å². The molecule has 2 heterocycles. The van der Waals surface area contributed by atoms with Crippen molar-refractivity contribution in [2.24, 2.45) is 0 Å². The number of nitrogens with one attached hydrogen (secondary N) is 1. The van der Waals surface area contributed by atoms with E-state index in [9.17, 15) is 4.79 Å². The average Bonchev–Trinajstić information content (AvgIpc) is 2.67. The molecular weight excluding hydrogens is 176 g/mol. The lowest BCUT2D eigenvalue weighted by atomic mass is 10.1. The first-order chi connectivity index (χ1) is 6.86. The summed E-state index contributed by atoms with van der Waals surface area (Å²) in [6.45, 7) is 0. The van der Waals surface area contributed by atoms with E-state index in [1.165, 1.54) is 0 Å². The average molecular weight is 184 g/mol. The molecule has 1 aromatic carbocycles. The fourth-order valence-electron chi connectivity index (χ4n) is 1.78. The Kier molecular flexibility index (Phi) is 1.31. The van der Waals surface area contributed by atoms with Gasteiger partial charge in [-0.3, -0.25) is 9.89 Å². The molecule has 0 aliphatic heterocycles. The maximum atomic E-state index is 11.6. The first-order valence-corrected chi connectivity index (χ1v) is 4.44. The van der Waals surface area contributed by atoms with E-state index < -0.39 is 0 Å². The molecule has 2 aromatic heterocycles. The molecule has 3 aromatic rings. The Hall–Kier alpha value is -2.03. The third kappa shape index (κ3) is 0.836. The molecule has 0 amide bonds. The highest BCUT2D eigenvalue weighted by Gasteiger charge is 2.01. The van der Waals surface area contributed by atoms with Crippen LogP contribution >= 0.6 is 0 Å². The highest BCUT2D eigenvalue weighted by Crippen LogP contribution is 2.16. The fraction of sp³-hybridized carbons (Fsp3) is 0. The number of fused-ring (bicyclic) bond motifs is 3. The fourth-order valence-corrected chi connectivity index (χ4v) is 1.78. The first kappa shape index (κ1) is 7.38. The van der Waals surface area contributed by atoms with Crippen molar-refractivity contribution in [2.75, 3.05) is 0 Å². The van der Waals surface area contributed by atoms with Gasteiger partial charge in [-0.1, -0.05) is 24.3 Å². The molecule has 0 unspecified atom stereocenters. The van der Waals surface area contributed by atoms with Crippen molar-refractivity contribution in [1.82, 2.24) is 9.61 Å². The van der Waals surface area contributed by atoms with Gasteiger partial charge in [-0.15, -0.1) is 0 Å². The van der Waals surface area contributed by atoms with Crippen LogP contribution in [0.25, 0.3) is 16.3 Å². The summed E-state index contributed by atoms with van der Waals surface area (Å²) in [6.07, 6.45) is 1.77. The second-order valence-electron chi connectivity index (χ2n) is 3.25. The minimum atomic E-state index is -0.0244. The maximum absolute atomic E-state index is 11.6. The number of benzene rings is 1. The van der Waals surface area contributed by atoms with Crippen LogP contribution in [-0.4, -0.2) is 9.61 Å². The molecule has 0 saturated heterocycles. The summed E-state index contributed by atoms with van der Waals surface area (Å²) in [5.41, 5.74) is 0.900. The summed E-state index contributed by atoms with van der Waals surface area (Å²) in [6, 6.07) is 11.4. The predicted octanol–water partition coefficient (Wildman–Crippen LogP) is 1.78. The molecule has 0 aliphatic rings.